The van der Waals surface area contributed by atoms with Crippen LogP contribution in [0.5, 0.6) is 5.75 Å². The maximum absolute atomic E-state index is 12.5. The monoisotopic (exact) mass is 462 g/mol. The van der Waals surface area contributed by atoms with Crippen molar-refractivity contribution in [2.75, 3.05) is 0 Å². The number of esters is 1. The minimum atomic E-state index is -0.347. The van der Waals surface area contributed by atoms with Gasteiger partial charge in [0.1, 0.15) is 5.75 Å². The van der Waals surface area contributed by atoms with Crippen LogP contribution in [0.25, 0.3) is 0 Å². The quantitative estimate of drug-likeness (QED) is 0.139. The molecule has 3 aromatic carbocycles. The zero-order valence-electron chi connectivity index (χ0n) is 20.9. The van der Waals surface area contributed by atoms with E-state index < -0.39 is 0 Å². The molecule has 0 saturated heterocycles. The first kappa shape index (κ1) is 25.9. The highest BCUT2D eigenvalue weighted by atomic mass is 16.5. The molecule has 0 unspecified atom stereocenters. The molecule has 0 radical (unpaired) electrons. The number of carbonyl (C=O) groups excluding carboxylic acids is 1. The van der Waals surface area contributed by atoms with E-state index in [1.807, 2.05) is 60.7 Å². The summed E-state index contributed by atoms with van der Waals surface area (Å²) in [7, 11) is 0. The van der Waals surface area contributed by atoms with Gasteiger partial charge in [0, 0.05) is 23.1 Å². The van der Waals surface area contributed by atoms with Gasteiger partial charge in [0.2, 0.25) is 0 Å². The predicted octanol–water partition coefficient (Wildman–Crippen LogP) is 7.97. The van der Waals surface area contributed by atoms with Crippen LogP contribution in [0.4, 0.5) is 0 Å². The highest BCUT2D eigenvalue weighted by Gasteiger charge is 2.08. The van der Waals surface area contributed by atoms with Crippen LogP contribution in [0.15, 0.2) is 72.8 Å². The van der Waals surface area contributed by atoms with Crippen molar-refractivity contribution in [3.8, 4) is 29.4 Å². The summed E-state index contributed by atoms with van der Waals surface area (Å²) in [5.74, 6) is 12.8. The first-order valence-electron chi connectivity index (χ1n) is 12.7. The summed E-state index contributed by atoms with van der Waals surface area (Å²) in [6, 6.07) is 23.0. The van der Waals surface area contributed by atoms with Gasteiger partial charge >= 0.3 is 5.97 Å². The van der Waals surface area contributed by atoms with Gasteiger partial charge in [-0.1, -0.05) is 75.3 Å². The molecular weight excluding hydrogens is 428 g/mol. The van der Waals surface area contributed by atoms with E-state index in [2.05, 4.69) is 37.5 Å². The average Bonchev–Trinajstić information content (AvgIpc) is 2.89. The molecule has 0 heterocycles. The Morgan fingerprint density at radius 2 is 1.23 bits per heavy atom. The van der Waals surface area contributed by atoms with Crippen LogP contribution in [0.1, 0.15) is 91.4 Å². The third-order valence-corrected chi connectivity index (χ3v) is 5.67. The van der Waals surface area contributed by atoms with E-state index in [0.29, 0.717) is 11.3 Å². The summed E-state index contributed by atoms with van der Waals surface area (Å²) < 4.78 is 5.54. The maximum Gasteiger partial charge on any atom is 0.343 e. The largest absolute Gasteiger partial charge is 0.423 e. The first-order chi connectivity index (χ1) is 17.2. The smallest absolute Gasteiger partial charge is 0.343 e. The number of ether oxygens (including phenoxy) is 1. The van der Waals surface area contributed by atoms with Crippen LogP contribution >= 0.6 is 0 Å². The lowest BCUT2D eigenvalue weighted by Gasteiger charge is -2.06. The summed E-state index contributed by atoms with van der Waals surface area (Å²) in [6.07, 6.45) is 9.36. The Hall–Kier alpha value is -3.75. The SMILES string of the molecule is CCCC#Cc1ccc(C#Cc2ccc(OC(=O)c3ccc(CCCCCCC)cc3)cc2)cc1. The number of unbranched alkanes of at least 4 members (excludes halogenated alkanes) is 5. The molecule has 3 aromatic rings. The van der Waals surface area contributed by atoms with E-state index in [0.717, 1.165) is 36.0 Å². The Morgan fingerprint density at radius 1 is 0.657 bits per heavy atom. The molecule has 0 bridgehead atoms. The predicted molar refractivity (Wildman–Crippen MR) is 145 cm³/mol. The van der Waals surface area contributed by atoms with Gasteiger partial charge in [-0.2, -0.15) is 0 Å². The molecule has 178 valence electrons. The second-order valence-corrected chi connectivity index (χ2v) is 8.65. The minimum Gasteiger partial charge on any atom is -0.423 e. The third-order valence-electron chi connectivity index (χ3n) is 5.67. The molecule has 0 aliphatic carbocycles. The van der Waals surface area contributed by atoms with Gasteiger partial charge in [0.15, 0.2) is 0 Å². The lowest BCUT2D eigenvalue weighted by atomic mass is 10.0. The van der Waals surface area contributed by atoms with Crippen LogP contribution < -0.4 is 4.74 Å². The lowest BCUT2D eigenvalue weighted by Crippen LogP contribution is -2.08. The summed E-state index contributed by atoms with van der Waals surface area (Å²) in [5.41, 5.74) is 4.63. The van der Waals surface area contributed by atoms with Crippen LogP contribution in [0, 0.1) is 23.7 Å². The van der Waals surface area contributed by atoms with Gasteiger partial charge in [-0.15, -0.1) is 0 Å². The standard InChI is InChI=1S/C33H34O2/c1-3-5-7-8-10-12-28-19-23-31(24-20-28)33(34)35-32-25-21-30(22-26-32)18-17-29-15-13-27(14-16-29)11-9-6-4-2/h13-16,19-26H,3-8,10,12H2,1-2H3. The van der Waals surface area contributed by atoms with Crippen LogP contribution in [0.2, 0.25) is 0 Å². The Kier molecular flexibility index (Phi) is 10.7. The first-order valence-corrected chi connectivity index (χ1v) is 12.7. The molecule has 0 aromatic heterocycles. The highest BCUT2D eigenvalue weighted by Crippen LogP contribution is 2.16. The molecule has 0 saturated carbocycles. The van der Waals surface area contributed by atoms with E-state index in [1.165, 1.54) is 37.7 Å². The molecule has 3 rings (SSSR count). The van der Waals surface area contributed by atoms with E-state index >= 15 is 0 Å². The molecule has 0 amide bonds. The van der Waals surface area contributed by atoms with Gasteiger partial charge in [-0.3, -0.25) is 0 Å². The molecule has 2 nitrogen and oxygen atoms in total. The molecule has 2 heteroatoms. The molecule has 0 spiro atoms. The van der Waals surface area contributed by atoms with Crippen molar-refractivity contribution < 1.29 is 9.53 Å². The molecule has 0 aliphatic rings. The normalized spacial score (nSPS) is 10.0. The van der Waals surface area contributed by atoms with Crippen molar-refractivity contribution in [3.05, 3.63) is 101 Å². The van der Waals surface area contributed by atoms with Gasteiger partial charge in [0.05, 0.1) is 5.56 Å². The van der Waals surface area contributed by atoms with Crippen molar-refractivity contribution >= 4 is 5.97 Å². The topological polar surface area (TPSA) is 26.3 Å². The third kappa shape index (κ3) is 9.19. The highest BCUT2D eigenvalue weighted by molar-refractivity contribution is 5.91. The Morgan fingerprint density at radius 3 is 1.83 bits per heavy atom. The zero-order valence-corrected chi connectivity index (χ0v) is 20.9. The Balaban J connectivity index is 1.50. The van der Waals surface area contributed by atoms with E-state index in [9.17, 15) is 4.79 Å². The second-order valence-electron chi connectivity index (χ2n) is 8.65. The number of benzene rings is 3. The summed E-state index contributed by atoms with van der Waals surface area (Å²) in [6.45, 7) is 4.35. The van der Waals surface area contributed by atoms with Crippen molar-refractivity contribution in [2.45, 2.75) is 65.2 Å². The van der Waals surface area contributed by atoms with Crippen molar-refractivity contribution in [1.29, 1.82) is 0 Å². The molecular formula is C33H34O2. The van der Waals surface area contributed by atoms with Gasteiger partial charge in [-0.25, -0.2) is 4.79 Å². The lowest BCUT2D eigenvalue weighted by molar-refractivity contribution is 0.0734. The summed E-state index contributed by atoms with van der Waals surface area (Å²) in [5, 5.41) is 0. The van der Waals surface area contributed by atoms with E-state index in [4.69, 9.17) is 4.74 Å². The van der Waals surface area contributed by atoms with Crippen LogP contribution in [-0.4, -0.2) is 5.97 Å². The number of carbonyl (C=O) groups is 1. The van der Waals surface area contributed by atoms with Crippen molar-refractivity contribution in [2.24, 2.45) is 0 Å². The Bertz CT molecular complexity index is 1180. The average molecular weight is 463 g/mol. The van der Waals surface area contributed by atoms with E-state index in [1.54, 1.807) is 12.1 Å². The molecule has 0 fully saturated rings. The molecule has 0 aliphatic heterocycles. The zero-order chi connectivity index (χ0) is 24.7. The fourth-order valence-corrected chi connectivity index (χ4v) is 3.58. The van der Waals surface area contributed by atoms with Gasteiger partial charge < -0.3 is 4.74 Å². The van der Waals surface area contributed by atoms with Crippen LogP contribution in [0.3, 0.4) is 0 Å². The van der Waals surface area contributed by atoms with Gasteiger partial charge in [0.25, 0.3) is 0 Å². The van der Waals surface area contributed by atoms with Crippen LogP contribution in [-0.2, 0) is 6.42 Å². The number of hydrogen-bond acceptors (Lipinski definition) is 2. The number of aryl methyl sites for hydroxylation is 1. The van der Waals surface area contributed by atoms with E-state index in [-0.39, 0.29) is 5.97 Å². The van der Waals surface area contributed by atoms with Crippen molar-refractivity contribution in [1.82, 2.24) is 0 Å². The number of rotatable bonds is 9. The fourth-order valence-electron chi connectivity index (χ4n) is 3.58. The number of hydrogen-bond donors (Lipinski definition) is 0. The van der Waals surface area contributed by atoms with Gasteiger partial charge in [-0.05, 0) is 85.5 Å². The minimum absolute atomic E-state index is 0.347. The van der Waals surface area contributed by atoms with Crippen molar-refractivity contribution in [3.63, 3.8) is 0 Å². The summed E-state index contributed by atoms with van der Waals surface area (Å²) >= 11 is 0. The maximum atomic E-state index is 12.5. The molecule has 0 atom stereocenters. The fraction of sp³-hybridized carbons (Fsp3) is 0.303. The summed E-state index contributed by atoms with van der Waals surface area (Å²) in [4.78, 5) is 12.5. The Labute approximate surface area is 210 Å². The molecule has 0 N–H and O–H groups in total. The molecule has 35 heavy (non-hydrogen) atoms. The second kappa shape index (κ2) is 14.5.